The Balaban J connectivity index is 0.000000438. The fraction of sp³-hybridized carbons (Fsp3) is 0.304. The van der Waals surface area contributed by atoms with E-state index in [9.17, 15) is 0 Å². The third-order valence-electron chi connectivity index (χ3n) is 4.36. The van der Waals surface area contributed by atoms with E-state index in [-0.39, 0.29) is 24.8 Å². The molecule has 2 aromatic rings. The number of allylic oxidation sites excluding steroid dienone is 4. The third kappa shape index (κ3) is 11.8. The third-order valence-corrected chi connectivity index (χ3v) is 9.55. The van der Waals surface area contributed by atoms with Gasteiger partial charge in [0.15, 0.2) is 0 Å². The summed E-state index contributed by atoms with van der Waals surface area (Å²) in [7, 11) is 2.91. The summed E-state index contributed by atoms with van der Waals surface area (Å²) in [5.41, 5.74) is 0.953. The molecule has 2 aromatic carbocycles. The van der Waals surface area contributed by atoms with E-state index in [0.717, 1.165) is 12.1 Å². The number of rotatable bonds is 2. The van der Waals surface area contributed by atoms with Gasteiger partial charge in [-0.25, -0.2) is 12.2 Å². The predicted molar refractivity (Wildman–Crippen MR) is 116 cm³/mol. The summed E-state index contributed by atoms with van der Waals surface area (Å²) < 4.78 is 0. The van der Waals surface area contributed by atoms with Crippen molar-refractivity contribution in [1.29, 1.82) is 0 Å². The van der Waals surface area contributed by atoms with Gasteiger partial charge in [-0.1, -0.05) is 19.3 Å². The quantitative estimate of drug-likeness (QED) is 0.288. The first kappa shape index (κ1) is 27.9. The van der Waals surface area contributed by atoms with Crippen LogP contribution >= 0.6 is 9.24 Å². The van der Waals surface area contributed by atoms with Gasteiger partial charge in [0.2, 0.25) is 0 Å². The van der Waals surface area contributed by atoms with Crippen molar-refractivity contribution in [2.24, 2.45) is 0 Å². The van der Waals surface area contributed by atoms with Crippen LogP contribution in [0.2, 0.25) is 0 Å². The van der Waals surface area contributed by atoms with Gasteiger partial charge in [-0.05, 0) is 18.5 Å². The van der Waals surface area contributed by atoms with Crippen molar-refractivity contribution in [2.75, 3.05) is 0 Å². The summed E-state index contributed by atoms with van der Waals surface area (Å²) >= 11 is 2.34. The zero-order valence-corrected chi connectivity index (χ0v) is 21.4. The van der Waals surface area contributed by atoms with Crippen LogP contribution in [0, 0.1) is 6.08 Å². The van der Waals surface area contributed by atoms with Crippen molar-refractivity contribution in [1.82, 2.24) is 0 Å². The molecular formula is C23H28Cl2PSiTi-. The maximum absolute atomic E-state index is 2.99. The van der Waals surface area contributed by atoms with Crippen molar-refractivity contribution in [2.45, 2.75) is 44.2 Å². The van der Waals surface area contributed by atoms with E-state index in [4.69, 9.17) is 0 Å². The number of halogens is 2. The minimum atomic E-state index is -0.545. The van der Waals surface area contributed by atoms with Gasteiger partial charge in [0, 0.05) is 0 Å². The van der Waals surface area contributed by atoms with Crippen LogP contribution in [0.3, 0.4) is 0 Å². The number of hydrogen-bond donors (Lipinski definition) is 0. The molecule has 2 aliphatic carbocycles. The molecule has 0 nitrogen and oxygen atoms in total. The topological polar surface area (TPSA) is 0 Å². The van der Waals surface area contributed by atoms with Crippen LogP contribution in [0.25, 0.3) is 0 Å². The minimum absolute atomic E-state index is 0. The normalized spacial score (nSPS) is 14.4. The average molecular weight is 482 g/mol. The molecule has 0 aromatic heterocycles. The Bertz CT molecular complexity index is 648. The van der Waals surface area contributed by atoms with Crippen molar-refractivity contribution in [3.63, 3.8) is 0 Å². The molecule has 1 fully saturated rings. The molecule has 0 aliphatic heterocycles. The Kier molecular flexibility index (Phi) is 17.6. The van der Waals surface area contributed by atoms with E-state index in [2.05, 4.69) is 101 Å². The monoisotopic (exact) mass is 481 g/mol. The summed E-state index contributed by atoms with van der Waals surface area (Å²) in [5.74, 6) is 0. The molecule has 0 heterocycles. The summed E-state index contributed by atoms with van der Waals surface area (Å²) in [6, 6.07) is 21.5. The Hall–Kier alpha value is -0.139. The zero-order chi connectivity index (χ0) is 18.5. The summed E-state index contributed by atoms with van der Waals surface area (Å²) in [5, 5.41) is 2.95. The number of hydrogen-bond acceptors (Lipinski definition) is 0. The molecule has 0 N–H and O–H groups in total. The second kappa shape index (κ2) is 17.7. The standard InChI is InChI=1S/C12H10Si.C6H13P.C5H5.2ClH.Ti/c1-3-7-11(8-4-1)13-12-9-5-2-6-10-12;7-6-4-2-1-3-5-6;1-2-4-5-3-1;;;/h1-10H;6H,1-5,7H2;1-3H,4H2;2*1H;/q;;-1;;;+2/p-2. The van der Waals surface area contributed by atoms with Crippen molar-refractivity contribution in [3.8, 4) is 0 Å². The Morgan fingerprint density at radius 2 is 1.32 bits per heavy atom. The van der Waals surface area contributed by atoms with Crippen molar-refractivity contribution >= 4 is 25.8 Å². The SMILES string of the molecule is PC1CCCCC1.[C-]1=CC=CC1.[Cl-].[Cl-].[Ti+2]=[Si](c1ccccc1)c1ccccc1. The van der Waals surface area contributed by atoms with E-state index in [1.807, 2.05) is 12.2 Å². The summed E-state index contributed by atoms with van der Waals surface area (Å²) in [6.07, 6.45) is 16.8. The summed E-state index contributed by atoms with van der Waals surface area (Å²) in [4.78, 5) is 0. The molecule has 0 bridgehead atoms. The molecule has 5 heteroatoms. The maximum atomic E-state index is 2.99. The van der Waals surface area contributed by atoms with Crippen LogP contribution in [-0.2, 0) is 19.2 Å². The van der Waals surface area contributed by atoms with E-state index in [1.54, 1.807) is 0 Å². The molecule has 28 heavy (non-hydrogen) atoms. The Labute approximate surface area is 197 Å². The van der Waals surface area contributed by atoms with E-state index >= 15 is 0 Å². The van der Waals surface area contributed by atoms with Gasteiger partial charge in [-0.15, -0.1) is 15.7 Å². The second-order valence-electron chi connectivity index (χ2n) is 6.51. The average Bonchev–Trinajstić information content (AvgIpc) is 3.30. The van der Waals surface area contributed by atoms with Crippen molar-refractivity contribution in [3.05, 3.63) is 85.0 Å². The van der Waals surface area contributed by atoms with Crippen LogP contribution in [0.5, 0.6) is 0 Å². The zero-order valence-electron chi connectivity index (χ0n) is 16.2. The van der Waals surface area contributed by atoms with Gasteiger partial charge < -0.3 is 24.8 Å². The predicted octanol–water partition coefficient (Wildman–Crippen LogP) is -1.15. The Morgan fingerprint density at radius 1 is 0.821 bits per heavy atom. The first-order valence-corrected chi connectivity index (χ1v) is 13.9. The molecule has 0 amide bonds. The second-order valence-corrected chi connectivity index (χ2v) is 11.7. The number of benzene rings is 2. The van der Waals surface area contributed by atoms with Crippen LogP contribution in [0.15, 0.2) is 78.9 Å². The van der Waals surface area contributed by atoms with Gasteiger partial charge in [-0.3, -0.25) is 6.08 Å². The fourth-order valence-corrected chi connectivity index (χ4v) is 6.27. The molecule has 148 valence electrons. The van der Waals surface area contributed by atoms with Gasteiger partial charge in [-0.2, -0.15) is 6.08 Å². The first-order chi connectivity index (χ1) is 12.8. The Morgan fingerprint density at radius 3 is 1.61 bits per heavy atom. The molecule has 0 radical (unpaired) electrons. The van der Waals surface area contributed by atoms with Gasteiger partial charge in [0.1, 0.15) is 0 Å². The molecule has 1 saturated carbocycles. The van der Waals surface area contributed by atoms with E-state index in [1.165, 1.54) is 42.5 Å². The first-order valence-electron chi connectivity index (χ1n) is 9.44. The van der Waals surface area contributed by atoms with Crippen LogP contribution in [0.4, 0.5) is 0 Å². The molecule has 0 saturated heterocycles. The van der Waals surface area contributed by atoms with Gasteiger partial charge >= 0.3 is 96.4 Å². The van der Waals surface area contributed by atoms with Crippen molar-refractivity contribution < 1.29 is 44.0 Å². The molecule has 4 rings (SSSR count). The van der Waals surface area contributed by atoms with E-state index in [0.29, 0.717) is 0 Å². The molecular weight excluding hydrogens is 454 g/mol. The molecule has 1 atom stereocenters. The molecule has 0 spiro atoms. The molecule has 1 unspecified atom stereocenters. The van der Waals surface area contributed by atoms with Crippen LogP contribution < -0.4 is 35.2 Å². The van der Waals surface area contributed by atoms with E-state index < -0.39 is 6.19 Å². The van der Waals surface area contributed by atoms with Crippen LogP contribution in [-0.4, -0.2) is 11.8 Å². The fourth-order valence-electron chi connectivity index (χ4n) is 2.85. The molecule has 2 aliphatic rings. The van der Waals surface area contributed by atoms with Crippen LogP contribution in [0.1, 0.15) is 38.5 Å². The summed E-state index contributed by atoms with van der Waals surface area (Å²) in [6.45, 7) is 0. The van der Waals surface area contributed by atoms with Gasteiger partial charge in [0.25, 0.3) is 0 Å². The van der Waals surface area contributed by atoms with Gasteiger partial charge in [0.05, 0.1) is 0 Å².